The van der Waals surface area contributed by atoms with E-state index in [4.69, 9.17) is 4.52 Å². The Kier molecular flexibility index (Phi) is 4.24. The van der Waals surface area contributed by atoms with Gasteiger partial charge in [0.25, 0.3) is 0 Å². The Bertz CT molecular complexity index is 755. The molecule has 24 heavy (non-hydrogen) atoms. The van der Waals surface area contributed by atoms with Crippen LogP contribution in [0.15, 0.2) is 4.52 Å². The van der Waals surface area contributed by atoms with Crippen LogP contribution in [0.2, 0.25) is 0 Å². The first kappa shape index (κ1) is 16.7. The van der Waals surface area contributed by atoms with Gasteiger partial charge in [-0.05, 0) is 47.5 Å². The summed E-state index contributed by atoms with van der Waals surface area (Å²) in [4.78, 5) is 15.2. The van der Waals surface area contributed by atoms with Gasteiger partial charge in [0.1, 0.15) is 5.76 Å². The lowest BCUT2D eigenvalue weighted by molar-refractivity contribution is -0.133. The van der Waals surface area contributed by atoms with Crippen LogP contribution in [0.5, 0.6) is 0 Å². The minimum Gasteiger partial charge on any atom is -0.361 e. The molecule has 2 aromatic rings. The van der Waals surface area contributed by atoms with E-state index < -0.39 is 0 Å². The molecule has 0 radical (unpaired) electrons. The van der Waals surface area contributed by atoms with Gasteiger partial charge in [0.05, 0.1) is 23.3 Å². The molecule has 6 heteroatoms. The number of hydrogen-bond acceptors (Lipinski definition) is 4. The Labute approximate surface area is 142 Å². The first-order chi connectivity index (χ1) is 11.3. The number of carbonyl (C=O) groups is 1. The lowest BCUT2D eigenvalue weighted by Crippen LogP contribution is -2.34. The zero-order valence-corrected chi connectivity index (χ0v) is 15.4. The number of aromatic nitrogens is 3. The van der Waals surface area contributed by atoms with Gasteiger partial charge >= 0.3 is 0 Å². The fraction of sp³-hybridized carbons (Fsp3) is 0.611. The van der Waals surface area contributed by atoms with Crippen molar-refractivity contribution < 1.29 is 9.32 Å². The van der Waals surface area contributed by atoms with Crippen LogP contribution in [-0.4, -0.2) is 32.3 Å². The van der Waals surface area contributed by atoms with Gasteiger partial charge in [0, 0.05) is 30.4 Å². The molecule has 0 spiro atoms. The van der Waals surface area contributed by atoms with Crippen molar-refractivity contribution in [3.05, 3.63) is 34.0 Å². The average Bonchev–Trinajstić information content (AvgIpc) is 3.18. The molecular formula is C18H26N4O2. The number of rotatable bonds is 3. The number of nitrogens with zero attached hydrogens (tertiary/aromatic N) is 4. The molecule has 3 heterocycles. The molecule has 6 nitrogen and oxygen atoms in total. The SMILES string of the molecule is Cc1noc(C)c1[C@H](C)C(=O)N1CCC[C@@H]1c1c(C)nn(C)c1C. The fourth-order valence-electron chi connectivity index (χ4n) is 4.08. The van der Waals surface area contributed by atoms with Gasteiger partial charge in [-0.15, -0.1) is 0 Å². The fourth-order valence-corrected chi connectivity index (χ4v) is 4.08. The molecule has 2 aromatic heterocycles. The van der Waals surface area contributed by atoms with E-state index in [-0.39, 0.29) is 17.9 Å². The summed E-state index contributed by atoms with van der Waals surface area (Å²) in [6.45, 7) is 10.6. The minimum absolute atomic E-state index is 0.120. The van der Waals surface area contributed by atoms with Crippen molar-refractivity contribution in [3.8, 4) is 0 Å². The first-order valence-electron chi connectivity index (χ1n) is 8.56. The summed E-state index contributed by atoms with van der Waals surface area (Å²) in [7, 11) is 1.96. The molecule has 0 aliphatic carbocycles. The molecule has 1 aliphatic rings. The van der Waals surface area contributed by atoms with Crippen LogP contribution in [-0.2, 0) is 11.8 Å². The standard InChI is InChI=1S/C18H26N4O2/c1-10(16-12(3)20-24-14(16)5)18(23)22-9-7-8-15(22)17-11(2)19-21(6)13(17)4/h10,15H,7-9H2,1-6H3/t10-,15+/m0/s1. The van der Waals surface area contributed by atoms with Crippen molar-refractivity contribution in [3.63, 3.8) is 0 Å². The van der Waals surface area contributed by atoms with Crippen molar-refractivity contribution in [2.24, 2.45) is 7.05 Å². The number of hydrogen-bond donors (Lipinski definition) is 0. The molecule has 3 rings (SSSR count). The molecule has 1 fully saturated rings. The van der Waals surface area contributed by atoms with Crippen LogP contribution in [0, 0.1) is 27.7 Å². The highest BCUT2D eigenvalue weighted by Gasteiger charge is 2.36. The highest BCUT2D eigenvalue weighted by atomic mass is 16.5. The van der Waals surface area contributed by atoms with Gasteiger partial charge in [-0.3, -0.25) is 9.48 Å². The zero-order valence-electron chi connectivity index (χ0n) is 15.4. The molecule has 1 aliphatic heterocycles. The molecule has 0 bridgehead atoms. The van der Waals surface area contributed by atoms with Gasteiger partial charge in [-0.1, -0.05) is 5.16 Å². The van der Waals surface area contributed by atoms with E-state index >= 15 is 0 Å². The second-order valence-corrected chi connectivity index (χ2v) is 6.86. The maximum Gasteiger partial charge on any atom is 0.230 e. The summed E-state index contributed by atoms with van der Waals surface area (Å²) < 4.78 is 7.15. The summed E-state index contributed by atoms with van der Waals surface area (Å²) in [5.41, 5.74) is 5.09. The van der Waals surface area contributed by atoms with Crippen LogP contribution >= 0.6 is 0 Å². The summed E-state index contributed by atoms with van der Waals surface area (Å²) in [6, 6.07) is 0.120. The third kappa shape index (κ3) is 2.54. The largest absolute Gasteiger partial charge is 0.361 e. The number of likely N-dealkylation sites (tertiary alicyclic amines) is 1. The molecule has 0 aromatic carbocycles. The highest BCUT2D eigenvalue weighted by Crippen LogP contribution is 2.38. The van der Waals surface area contributed by atoms with Gasteiger partial charge in [0.15, 0.2) is 0 Å². The van der Waals surface area contributed by atoms with Gasteiger partial charge in [0.2, 0.25) is 5.91 Å². The molecule has 130 valence electrons. The predicted molar refractivity (Wildman–Crippen MR) is 90.8 cm³/mol. The van der Waals surface area contributed by atoms with Crippen molar-refractivity contribution in [2.75, 3.05) is 6.54 Å². The highest BCUT2D eigenvalue weighted by molar-refractivity contribution is 5.84. The van der Waals surface area contributed by atoms with Gasteiger partial charge in [-0.2, -0.15) is 5.10 Å². The second kappa shape index (κ2) is 6.07. The van der Waals surface area contributed by atoms with Crippen molar-refractivity contribution in [1.29, 1.82) is 0 Å². The number of carbonyl (C=O) groups excluding carboxylic acids is 1. The molecule has 0 N–H and O–H groups in total. The summed E-state index contributed by atoms with van der Waals surface area (Å²) in [5.74, 6) is 0.640. The average molecular weight is 330 g/mol. The zero-order chi connectivity index (χ0) is 17.6. The molecular weight excluding hydrogens is 304 g/mol. The van der Waals surface area contributed by atoms with Crippen LogP contribution in [0.25, 0.3) is 0 Å². The smallest absolute Gasteiger partial charge is 0.230 e. The maximum atomic E-state index is 13.2. The first-order valence-corrected chi connectivity index (χ1v) is 8.56. The summed E-state index contributed by atoms with van der Waals surface area (Å²) >= 11 is 0. The molecule has 1 amide bonds. The molecule has 1 saturated heterocycles. The summed E-state index contributed by atoms with van der Waals surface area (Å²) in [6.07, 6.45) is 2.02. The predicted octanol–water partition coefficient (Wildman–Crippen LogP) is 3.11. The third-order valence-electron chi connectivity index (χ3n) is 5.33. The summed E-state index contributed by atoms with van der Waals surface area (Å²) in [5, 5.41) is 8.52. The monoisotopic (exact) mass is 330 g/mol. The lowest BCUT2D eigenvalue weighted by atomic mass is 9.96. The van der Waals surface area contributed by atoms with E-state index in [1.165, 1.54) is 5.56 Å². The van der Waals surface area contributed by atoms with E-state index in [2.05, 4.69) is 17.2 Å². The lowest BCUT2D eigenvalue weighted by Gasteiger charge is -2.28. The normalized spacial score (nSPS) is 19.1. The molecule has 0 saturated carbocycles. The molecule has 0 unspecified atom stereocenters. The topological polar surface area (TPSA) is 64.2 Å². The number of aryl methyl sites for hydroxylation is 4. The Morgan fingerprint density at radius 3 is 2.50 bits per heavy atom. The van der Waals surface area contributed by atoms with Crippen LogP contribution < -0.4 is 0 Å². The van der Waals surface area contributed by atoms with E-state index in [0.717, 1.165) is 47.8 Å². The van der Waals surface area contributed by atoms with Crippen molar-refractivity contribution >= 4 is 5.91 Å². The third-order valence-corrected chi connectivity index (χ3v) is 5.33. The Hall–Kier alpha value is -2.11. The van der Waals surface area contributed by atoms with Crippen LogP contribution in [0.4, 0.5) is 0 Å². The van der Waals surface area contributed by atoms with E-state index in [9.17, 15) is 4.79 Å². The van der Waals surface area contributed by atoms with E-state index in [0.29, 0.717) is 0 Å². The van der Waals surface area contributed by atoms with Crippen molar-refractivity contribution in [1.82, 2.24) is 19.8 Å². The minimum atomic E-state index is -0.242. The maximum absolute atomic E-state index is 13.2. The Balaban J connectivity index is 1.92. The second-order valence-electron chi connectivity index (χ2n) is 6.86. The van der Waals surface area contributed by atoms with E-state index in [1.807, 2.05) is 44.3 Å². The Morgan fingerprint density at radius 1 is 1.25 bits per heavy atom. The van der Waals surface area contributed by atoms with Crippen LogP contribution in [0.1, 0.15) is 65.7 Å². The van der Waals surface area contributed by atoms with Gasteiger partial charge < -0.3 is 9.42 Å². The number of amides is 1. The quantitative estimate of drug-likeness (QED) is 0.867. The van der Waals surface area contributed by atoms with Crippen molar-refractivity contribution in [2.45, 2.75) is 59.4 Å². The van der Waals surface area contributed by atoms with Crippen LogP contribution in [0.3, 0.4) is 0 Å². The molecule has 2 atom stereocenters. The van der Waals surface area contributed by atoms with E-state index in [1.54, 1.807) is 0 Å². The van der Waals surface area contributed by atoms with Gasteiger partial charge in [-0.25, -0.2) is 0 Å². The Morgan fingerprint density at radius 2 is 1.96 bits per heavy atom.